The van der Waals surface area contributed by atoms with Crippen molar-refractivity contribution in [3.05, 3.63) is 134 Å². The molecule has 7 rings (SSSR count). The Balaban J connectivity index is 0.000000204. The van der Waals surface area contributed by atoms with Crippen LogP contribution in [0.15, 0.2) is 100 Å². The molecule has 5 aromatic carbocycles. The fourth-order valence-electron chi connectivity index (χ4n) is 5.12. The van der Waals surface area contributed by atoms with Gasteiger partial charge in [-0.25, -0.2) is 26.3 Å². The van der Waals surface area contributed by atoms with E-state index >= 15 is 0 Å². The van der Waals surface area contributed by atoms with E-state index in [0.29, 0.717) is 30.9 Å². The molecular formula is C39H28F6I2N8O4. The van der Waals surface area contributed by atoms with E-state index in [1.165, 1.54) is 50.6 Å². The zero-order valence-corrected chi connectivity index (χ0v) is 34.8. The molecule has 0 saturated heterocycles. The molecule has 0 unspecified atom stereocenters. The standard InChI is InChI=1S/C22H16F3IN4O3.C17H12F3IN4O/c1-31-12-4-8-17(18(10-12)32-2)28-22-30-29-21(33-22)13-5-6-14(23)19(25)20(13)27-16-7-3-11(26)9-15(16)24;1-2-7-22-17-25-24-16(26-17)10-4-5-11(18)14(20)15(10)23-13-6-3-9(21)8-12(13)19/h3-10,27H,1-2H3,(H,28,30);2-6,8,23H,1,7H2,(H,22,25). The first-order valence-corrected chi connectivity index (χ1v) is 19.0. The minimum Gasteiger partial charge on any atom is -0.497 e. The molecule has 0 aliphatic heterocycles. The highest BCUT2D eigenvalue weighted by Gasteiger charge is 2.23. The van der Waals surface area contributed by atoms with Gasteiger partial charge in [0, 0.05) is 19.8 Å². The number of ether oxygens (including phenoxy) is 2. The van der Waals surface area contributed by atoms with Crippen LogP contribution in [0.4, 0.5) is 66.8 Å². The van der Waals surface area contributed by atoms with Gasteiger partial charge < -0.3 is 39.6 Å². The van der Waals surface area contributed by atoms with Gasteiger partial charge in [0.25, 0.3) is 11.8 Å². The maximum atomic E-state index is 14.7. The van der Waals surface area contributed by atoms with Gasteiger partial charge in [-0.15, -0.1) is 16.8 Å². The van der Waals surface area contributed by atoms with Crippen molar-refractivity contribution in [1.29, 1.82) is 0 Å². The zero-order chi connectivity index (χ0) is 42.2. The summed E-state index contributed by atoms with van der Waals surface area (Å²) >= 11 is 3.89. The summed E-state index contributed by atoms with van der Waals surface area (Å²) in [5.41, 5.74) is -0.0350. The number of hydrogen-bond acceptors (Lipinski definition) is 12. The summed E-state index contributed by atoms with van der Waals surface area (Å²) in [5, 5.41) is 26.2. The van der Waals surface area contributed by atoms with Crippen molar-refractivity contribution in [2.24, 2.45) is 0 Å². The average Bonchev–Trinajstić information content (AvgIpc) is 3.90. The van der Waals surface area contributed by atoms with E-state index in [2.05, 4.69) is 48.2 Å². The molecule has 0 fully saturated rings. The van der Waals surface area contributed by atoms with Crippen LogP contribution in [-0.2, 0) is 0 Å². The molecule has 0 aliphatic carbocycles. The molecule has 304 valence electrons. The van der Waals surface area contributed by atoms with Crippen molar-refractivity contribution in [2.45, 2.75) is 0 Å². The number of hydrogen-bond donors (Lipinski definition) is 4. The second-order valence-electron chi connectivity index (χ2n) is 11.8. The van der Waals surface area contributed by atoms with E-state index in [-0.39, 0.29) is 57.7 Å². The van der Waals surface area contributed by atoms with Gasteiger partial charge >= 0.3 is 12.0 Å². The molecule has 0 aliphatic rings. The number of methoxy groups -OCH3 is 2. The van der Waals surface area contributed by atoms with E-state index in [1.807, 2.05) is 45.2 Å². The van der Waals surface area contributed by atoms with E-state index in [0.717, 1.165) is 12.1 Å². The van der Waals surface area contributed by atoms with Crippen molar-refractivity contribution in [3.63, 3.8) is 0 Å². The molecule has 0 saturated carbocycles. The number of nitrogens with one attached hydrogen (secondary N) is 4. The molecule has 0 bridgehead atoms. The van der Waals surface area contributed by atoms with Crippen LogP contribution in [0.25, 0.3) is 22.9 Å². The number of nitrogens with zero attached hydrogens (tertiary/aromatic N) is 4. The SMILES string of the molecule is C=CCNc1nnc(-c2ccc(F)c(F)c2Nc2ccc(I)cc2F)o1.COc1ccc(Nc2nnc(-c3ccc(F)c(F)c3Nc3ccc(I)cc3F)o2)c(OC)c1. The van der Waals surface area contributed by atoms with Crippen LogP contribution in [0, 0.1) is 42.0 Å². The van der Waals surface area contributed by atoms with Crippen molar-refractivity contribution < 1.29 is 44.7 Å². The molecular weight excluding hydrogens is 1010 g/mol. The number of halogens is 8. The molecule has 20 heteroatoms. The normalized spacial score (nSPS) is 10.7. The van der Waals surface area contributed by atoms with E-state index in [9.17, 15) is 26.3 Å². The Morgan fingerprint density at radius 3 is 1.59 bits per heavy atom. The summed E-state index contributed by atoms with van der Waals surface area (Å²) in [6.07, 6.45) is 1.59. The Hall–Kier alpha value is -6.04. The molecule has 0 radical (unpaired) electrons. The van der Waals surface area contributed by atoms with Gasteiger partial charge in [-0.3, -0.25) is 0 Å². The zero-order valence-electron chi connectivity index (χ0n) is 30.4. The lowest BCUT2D eigenvalue weighted by Crippen LogP contribution is -2.01. The summed E-state index contributed by atoms with van der Waals surface area (Å²) in [5.74, 6) is -4.96. The monoisotopic (exact) mass is 1040 g/mol. The minimum atomic E-state index is -1.21. The second kappa shape index (κ2) is 19.1. The van der Waals surface area contributed by atoms with Crippen LogP contribution in [-0.4, -0.2) is 41.2 Å². The highest BCUT2D eigenvalue weighted by Crippen LogP contribution is 2.38. The predicted molar refractivity (Wildman–Crippen MR) is 226 cm³/mol. The first-order valence-electron chi connectivity index (χ1n) is 16.8. The fourth-order valence-corrected chi connectivity index (χ4v) is 6.02. The van der Waals surface area contributed by atoms with Crippen LogP contribution < -0.4 is 30.7 Å². The summed E-state index contributed by atoms with van der Waals surface area (Å²) in [6, 6.07) is 18.1. The number of benzene rings is 5. The summed E-state index contributed by atoms with van der Waals surface area (Å²) in [6.45, 7) is 3.93. The lowest BCUT2D eigenvalue weighted by molar-refractivity contribution is 0.395. The largest absolute Gasteiger partial charge is 0.497 e. The molecule has 0 atom stereocenters. The fraction of sp³-hybridized carbons (Fsp3) is 0.0769. The summed E-state index contributed by atoms with van der Waals surface area (Å²) < 4.78 is 108. The van der Waals surface area contributed by atoms with Crippen LogP contribution in [0.5, 0.6) is 11.5 Å². The Labute approximate surface area is 358 Å². The Kier molecular flexibility index (Phi) is 13.8. The topological polar surface area (TPSA) is 144 Å². The number of anilines is 7. The lowest BCUT2D eigenvalue weighted by Gasteiger charge is -2.12. The summed E-state index contributed by atoms with van der Waals surface area (Å²) in [4.78, 5) is 0. The molecule has 59 heavy (non-hydrogen) atoms. The van der Waals surface area contributed by atoms with E-state index < -0.39 is 34.9 Å². The number of aromatic nitrogens is 4. The van der Waals surface area contributed by atoms with Gasteiger partial charge in [-0.05, 0) is 118 Å². The van der Waals surface area contributed by atoms with Crippen LogP contribution >= 0.6 is 45.2 Å². The van der Waals surface area contributed by atoms with E-state index in [4.69, 9.17) is 18.3 Å². The third kappa shape index (κ3) is 10.2. The number of rotatable bonds is 13. The molecule has 2 aromatic heterocycles. The molecule has 12 nitrogen and oxygen atoms in total. The maximum absolute atomic E-state index is 14.7. The third-order valence-electron chi connectivity index (χ3n) is 7.93. The quantitative estimate of drug-likeness (QED) is 0.0496. The molecule has 4 N–H and O–H groups in total. The minimum absolute atomic E-state index is 0.0133. The van der Waals surface area contributed by atoms with Crippen molar-refractivity contribution >= 4 is 85.6 Å². The third-order valence-corrected chi connectivity index (χ3v) is 9.27. The highest BCUT2D eigenvalue weighted by atomic mass is 127. The van der Waals surface area contributed by atoms with E-state index in [1.54, 1.807) is 36.4 Å². The molecule has 7 aromatic rings. The second-order valence-corrected chi connectivity index (χ2v) is 14.2. The van der Waals surface area contributed by atoms with Gasteiger partial charge in [-0.2, -0.15) is 0 Å². The van der Waals surface area contributed by atoms with Gasteiger partial charge in [0.15, 0.2) is 23.3 Å². The average molecular weight is 1040 g/mol. The van der Waals surface area contributed by atoms with Gasteiger partial charge in [-0.1, -0.05) is 16.3 Å². The van der Waals surface area contributed by atoms with Crippen molar-refractivity contribution in [3.8, 4) is 34.4 Å². The van der Waals surface area contributed by atoms with Gasteiger partial charge in [0.1, 0.15) is 23.1 Å². The predicted octanol–water partition coefficient (Wildman–Crippen LogP) is 11.4. The highest BCUT2D eigenvalue weighted by molar-refractivity contribution is 14.1. The molecule has 0 spiro atoms. The first-order chi connectivity index (χ1) is 28.4. The Morgan fingerprint density at radius 2 is 1.10 bits per heavy atom. The van der Waals surface area contributed by atoms with Crippen molar-refractivity contribution in [2.75, 3.05) is 42.0 Å². The molecule has 2 heterocycles. The summed E-state index contributed by atoms with van der Waals surface area (Å²) in [7, 11) is 3.02. The van der Waals surface area contributed by atoms with Crippen LogP contribution in [0.2, 0.25) is 0 Å². The van der Waals surface area contributed by atoms with Crippen molar-refractivity contribution in [1.82, 2.24) is 20.4 Å². The van der Waals surface area contributed by atoms with Crippen LogP contribution in [0.1, 0.15) is 0 Å². The van der Waals surface area contributed by atoms with Gasteiger partial charge in [0.2, 0.25) is 0 Å². The first kappa shape index (κ1) is 42.6. The van der Waals surface area contributed by atoms with Gasteiger partial charge in [0.05, 0.1) is 53.8 Å². The maximum Gasteiger partial charge on any atom is 0.320 e. The smallest absolute Gasteiger partial charge is 0.320 e. The van der Waals surface area contributed by atoms with Crippen LogP contribution in [0.3, 0.4) is 0 Å². The molecule has 0 amide bonds. The lowest BCUT2D eigenvalue weighted by atomic mass is 10.1. The Bertz CT molecular complexity index is 2630. The Morgan fingerprint density at radius 1 is 0.593 bits per heavy atom.